The second kappa shape index (κ2) is 5.01. The maximum absolute atomic E-state index is 12.6. The molecule has 2 aromatic rings. The van der Waals surface area contributed by atoms with Crippen LogP contribution in [-0.4, -0.2) is 46.4 Å². The van der Waals surface area contributed by atoms with Crippen molar-refractivity contribution >= 4 is 11.4 Å². The Kier molecular flexibility index (Phi) is 3.21. The second-order valence-corrected chi connectivity index (χ2v) is 4.73. The fourth-order valence-electron chi connectivity index (χ4n) is 2.53. The number of hydrogen-bond acceptors (Lipinski definition) is 3. The van der Waals surface area contributed by atoms with Crippen LogP contribution < -0.4 is 5.32 Å². The highest BCUT2D eigenvalue weighted by Gasteiger charge is 2.23. The van der Waals surface area contributed by atoms with Crippen molar-refractivity contribution in [3.05, 3.63) is 35.9 Å². The number of carbonyl (C=O) groups is 1. The molecule has 1 N–H and O–H groups in total. The highest BCUT2D eigenvalue weighted by Crippen LogP contribution is 2.16. The molecule has 5 nitrogen and oxygen atoms in total. The Labute approximate surface area is 112 Å². The Morgan fingerprint density at radius 1 is 1.37 bits per heavy atom. The van der Waals surface area contributed by atoms with Gasteiger partial charge in [-0.2, -0.15) is 0 Å². The molecule has 0 unspecified atom stereocenters. The summed E-state index contributed by atoms with van der Waals surface area (Å²) in [5.41, 5.74) is 1.49. The van der Waals surface area contributed by atoms with Gasteiger partial charge in [0.25, 0.3) is 5.91 Å². The molecule has 0 bridgehead atoms. The number of pyridine rings is 1. The number of nitrogens with one attached hydrogen (secondary N) is 1. The van der Waals surface area contributed by atoms with Crippen molar-refractivity contribution in [2.24, 2.45) is 0 Å². The van der Waals surface area contributed by atoms with Crippen LogP contribution in [0, 0.1) is 0 Å². The van der Waals surface area contributed by atoms with E-state index >= 15 is 0 Å². The lowest BCUT2D eigenvalue weighted by molar-refractivity contribution is 0.0732. The maximum Gasteiger partial charge on any atom is 0.274 e. The number of rotatable bonds is 2. The number of aromatic nitrogens is 2. The predicted octanol–water partition coefficient (Wildman–Crippen LogP) is 0.942. The molecule has 19 heavy (non-hydrogen) atoms. The Balaban J connectivity index is 2.02. The monoisotopic (exact) mass is 258 g/mol. The summed E-state index contributed by atoms with van der Waals surface area (Å²) in [6.07, 6.45) is 2.79. The normalized spacial score (nSPS) is 15.9. The molecule has 3 rings (SSSR count). The summed E-state index contributed by atoms with van der Waals surface area (Å²) in [6.45, 7) is 5.29. The fraction of sp³-hybridized carbons (Fsp3) is 0.429. The second-order valence-electron chi connectivity index (χ2n) is 4.73. The molecular formula is C14H18N4O. The van der Waals surface area contributed by atoms with E-state index in [1.807, 2.05) is 33.7 Å². The molecule has 1 aliphatic heterocycles. The first-order valence-electron chi connectivity index (χ1n) is 6.77. The SMILES string of the molecule is CCc1nc(C(=O)N2CCNCC2)c2ccccn12. The summed E-state index contributed by atoms with van der Waals surface area (Å²) in [6, 6.07) is 5.87. The van der Waals surface area contributed by atoms with Crippen LogP contribution in [0.4, 0.5) is 0 Å². The summed E-state index contributed by atoms with van der Waals surface area (Å²) in [4.78, 5) is 19.0. The van der Waals surface area contributed by atoms with E-state index in [2.05, 4.69) is 17.2 Å². The van der Waals surface area contributed by atoms with Crippen molar-refractivity contribution in [1.82, 2.24) is 19.6 Å². The molecular weight excluding hydrogens is 240 g/mol. The van der Waals surface area contributed by atoms with E-state index in [1.54, 1.807) is 0 Å². The fourth-order valence-corrected chi connectivity index (χ4v) is 2.53. The third kappa shape index (κ3) is 2.10. The van der Waals surface area contributed by atoms with Crippen LogP contribution >= 0.6 is 0 Å². The highest BCUT2D eigenvalue weighted by atomic mass is 16.2. The summed E-state index contributed by atoms with van der Waals surface area (Å²) in [5.74, 6) is 0.985. The number of carbonyl (C=O) groups excluding carboxylic acids is 1. The number of fused-ring (bicyclic) bond motifs is 1. The van der Waals surface area contributed by atoms with Gasteiger partial charge in [-0.3, -0.25) is 4.79 Å². The molecule has 2 aromatic heterocycles. The van der Waals surface area contributed by atoms with Crippen LogP contribution in [0.25, 0.3) is 5.52 Å². The van der Waals surface area contributed by atoms with E-state index in [4.69, 9.17) is 0 Å². The van der Waals surface area contributed by atoms with Crippen molar-refractivity contribution in [2.75, 3.05) is 26.2 Å². The zero-order valence-corrected chi connectivity index (χ0v) is 11.1. The average Bonchev–Trinajstić information content (AvgIpc) is 2.86. The van der Waals surface area contributed by atoms with E-state index in [0.29, 0.717) is 5.69 Å². The van der Waals surface area contributed by atoms with Crippen molar-refractivity contribution in [3.8, 4) is 0 Å². The van der Waals surface area contributed by atoms with Crippen molar-refractivity contribution < 1.29 is 4.79 Å². The molecule has 0 aliphatic carbocycles. The molecule has 1 fully saturated rings. The molecule has 100 valence electrons. The van der Waals surface area contributed by atoms with Crippen LogP contribution in [0.2, 0.25) is 0 Å². The van der Waals surface area contributed by atoms with Gasteiger partial charge >= 0.3 is 0 Å². The van der Waals surface area contributed by atoms with Gasteiger partial charge in [0.1, 0.15) is 5.82 Å². The van der Waals surface area contributed by atoms with Crippen molar-refractivity contribution in [3.63, 3.8) is 0 Å². The van der Waals surface area contributed by atoms with Gasteiger partial charge in [-0.1, -0.05) is 13.0 Å². The molecule has 1 saturated heterocycles. The molecule has 3 heterocycles. The van der Waals surface area contributed by atoms with Gasteiger partial charge in [-0.05, 0) is 12.1 Å². The third-order valence-corrected chi connectivity index (χ3v) is 3.54. The number of nitrogens with zero attached hydrogens (tertiary/aromatic N) is 3. The third-order valence-electron chi connectivity index (χ3n) is 3.54. The standard InChI is InChI=1S/C14H18N4O/c1-2-12-16-13(11-5-3-4-8-18(11)12)14(19)17-9-6-15-7-10-17/h3-5,8,15H,2,6-7,9-10H2,1H3. The van der Waals surface area contributed by atoms with Crippen LogP contribution in [-0.2, 0) is 6.42 Å². The molecule has 5 heteroatoms. The predicted molar refractivity (Wildman–Crippen MR) is 73.3 cm³/mol. The summed E-state index contributed by atoms with van der Waals surface area (Å²) in [5, 5.41) is 3.26. The smallest absolute Gasteiger partial charge is 0.274 e. The average molecular weight is 258 g/mol. The van der Waals surface area contributed by atoms with Gasteiger partial charge in [0.2, 0.25) is 0 Å². The van der Waals surface area contributed by atoms with Crippen molar-refractivity contribution in [1.29, 1.82) is 0 Å². The van der Waals surface area contributed by atoms with E-state index in [9.17, 15) is 4.79 Å². The Morgan fingerprint density at radius 3 is 2.89 bits per heavy atom. The first kappa shape index (κ1) is 12.2. The van der Waals surface area contributed by atoms with Crippen molar-refractivity contribution in [2.45, 2.75) is 13.3 Å². The molecule has 0 saturated carbocycles. The minimum Gasteiger partial charge on any atom is -0.335 e. The van der Waals surface area contributed by atoms with Crippen LogP contribution in [0.15, 0.2) is 24.4 Å². The Bertz CT molecular complexity index is 599. The van der Waals surface area contributed by atoms with Gasteiger partial charge in [0.05, 0.1) is 5.52 Å². The summed E-state index contributed by atoms with van der Waals surface area (Å²) in [7, 11) is 0. The molecule has 1 aliphatic rings. The summed E-state index contributed by atoms with van der Waals surface area (Å²) < 4.78 is 2.01. The molecule has 0 aromatic carbocycles. The Morgan fingerprint density at radius 2 is 2.16 bits per heavy atom. The molecule has 0 radical (unpaired) electrons. The highest BCUT2D eigenvalue weighted by molar-refractivity contribution is 5.99. The lowest BCUT2D eigenvalue weighted by atomic mass is 10.2. The lowest BCUT2D eigenvalue weighted by Gasteiger charge is -2.26. The number of aryl methyl sites for hydroxylation is 1. The molecule has 1 amide bonds. The molecule has 0 spiro atoms. The van der Waals surface area contributed by atoms with Crippen LogP contribution in [0.3, 0.4) is 0 Å². The quantitative estimate of drug-likeness (QED) is 0.872. The first-order chi connectivity index (χ1) is 9.31. The lowest BCUT2D eigenvalue weighted by Crippen LogP contribution is -2.46. The first-order valence-corrected chi connectivity index (χ1v) is 6.77. The van der Waals surface area contributed by atoms with Gasteiger partial charge in [0, 0.05) is 38.8 Å². The van der Waals surface area contributed by atoms with Gasteiger partial charge in [0.15, 0.2) is 5.69 Å². The van der Waals surface area contributed by atoms with Gasteiger partial charge in [-0.15, -0.1) is 0 Å². The number of amides is 1. The number of imidazole rings is 1. The zero-order chi connectivity index (χ0) is 13.2. The van der Waals surface area contributed by atoms with E-state index in [1.165, 1.54) is 0 Å². The topological polar surface area (TPSA) is 49.6 Å². The number of hydrogen-bond donors (Lipinski definition) is 1. The van der Waals surface area contributed by atoms with Crippen LogP contribution in [0.1, 0.15) is 23.2 Å². The zero-order valence-electron chi connectivity index (χ0n) is 11.1. The van der Waals surface area contributed by atoms with Crippen LogP contribution in [0.5, 0.6) is 0 Å². The largest absolute Gasteiger partial charge is 0.335 e. The maximum atomic E-state index is 12.6. The number of piperazine rings is 1. The minimum absolute atomic E-state index is 0.0462. The van der Waals surface area contributed by atoms with Gasteiger partial charge in [-0.25, -0.2) is 4.98 Å². The van der Waals surface area contributed by atoms with E-state index in [0.717, 1.165) is 43.9 Å². The van der Waals surface area contributed by atoms with E-state index in [-0.39, 0.29) is 5.91 Å². The minimum atomic E-state index is 0.0462. The van der Waals surface area contributed by atoms with E-state index < -0.39 is 0 Å². The van der Waals surface area contributed by atoms with Gasteiger partial charge < -0.3 is 14.6 Å². The Hall–Kier alpha value is -1.88. The summed E-state index contributed by atoms with van der Waals surface area (Å²) >= 11 is 0. The molecule has 0 atom stereocenters.